The van der Waals surface area contributed by atoms with E-state index in [1.807, 2.05) is 4.98 Å². The third kappa shape index (κ3) is 8.89. The fourth-order valence-electron chi connectivity index (χ4n) is 3.92. The summed E-state index contributed by atoms with van der Waals surface area (Å²) in [4.78, 5) is 50.6. The Morgan fingerprint density at radius 1 is 1.00 bits per heavy atom. The zero-order chi connectivity index (χ0) is 30.8. The fourth-order valence-corrected chi connectivity index (χ4v) is 8.86. The first-order valence-electron chi connectivity index (χ1n) is 13.0. The van der Waals surface area contributed by atoms with Gasteiger partial charge < -0.3 is 43.7 Å². The van der Waals surface area contributed by atoms with Gasteiger partial charge in [-0.05, 0) is 34.1 Å². The molecule has 0 spiro atoms. The standard InChI is InChI=1S/C22H38N4O13P2/c1-5-35-40(33,36-6-2)22(41(34,37-7-3)38-8-4)25-14(27)10-9-12-23-19(31)18-16(29)17(30)20(39-18)26-13-11-15(28)24-21(26)32/h11,13,16-18,20,22,29-30H,5-10,12H2,1-4H3,(H,23,31)(H,25,27)(H,24,28,32)/t16-,17+,18+,20-/m1/s1. The summed E-state index contributed by atoms with van der Waals surface area (Å²) in [6, 6.07) is 1.01. The van der Waals surface area contributed by atoms with Crippen LogP contribution < -0.4 is 21.9 Å². The van der Waals surface area contributed by atoms with Crippen molar-refractivity contribution in [3.8, 4) is 0 Å². The largest absolute Gasteiger partial charge is 0.387 e. The molecular formula is C22H38N4O13P2. The number of rotatable bonds is 17. The van der Waals surface area contributed by atoms with Crippen LogP contribution in [0.5, 0.6) is 0 Å². The maximum absolute atomic E-state index is 13.5. The van der Waals surface area contributed by atoms with Crippen molar-refractivity contribution in [2.24, 2.45) is 0 Å². The second-order valence-electron chi connectivity index (χ2n) is 8.53. The van der Waals surface area contributed by atoms with Crippen molar-refractivity contribution < 1.29 is 51.8 Å². The van der Waals surface area contributed by atoms with E-state index in [1.54, 1.807) is 27.7 Å². The van der Waals surface area contributed by atoms with Crippen LogP contribution in [-0.4, -0.2) is 88.4 Å². The lowest BCUT2D eigenvalue weighted by Crippen LogP contribution is -2.43. The number of hydrogen-bond acceptors (Lipinski definition) is 13. The van der Waals surface area contributed by atoms with Crippen LogP contribution in [0, 0.1) is 0 Å². The number of ether oxygens (including phenoxy) is 1. The zero-order valence-electron chi connectivity index (χ0n) is 23.2. The van der Waals surface area contributed by atoms with Crippen LogP contribution in [-0.2, 0) is 41.6 Å². The van der Waals surface area contributed by atoms with Crippen LogP contribution in [0.3, 0.4) is 0 Å². The van der Waals surface area contributed by atoms with Crippen LogP contribution in [0.25, 0.3) is 0 Å². The quantitative estimate of drug-likeness (QED) is 0.113. The Morgan fingerprint density at radius 2 is 1.54 bits per heavy atom. The molecule has 0 aromatic carbocycles. The van der Waals surface area contributed by atoms with Crippen molar-refractivity contribution in [2.75, 3.05) is 33.0 Å². The number of aliphatic hydroxyl groups excluding tert-OH is 2. The maximum atomic E-state index is 13.5. The number of aromatic amines is 1. The first-order chi connectivity index (χ1) is 19.4. The number of aliphatic hydroxyl groups is 2. The molecular weight excluding hydrogens is 590 g/mol. The number of amides is 2. The average molecular weight is 629 g/mol. The first kappa shape index (κ1) is 35.0. The number of hydrogen-bond donors (Lipinski definition) is 5. The van der Waals surface area contributed by atoms with E-state index in [0.717, 1.165) is 16.8 Å². The highest BCUT2D eigenvalue weighted by Gasteiger charge is 2.52. The average Bonchev–Trinajstić information content (AvgIpc) is 3.19. The van der Waals surface area contributed by atoms with E-state index in [-0.39, 0.29) is 45.8 Å². The predicted octanol–water partition coefficient (Wildman–Crippen LogP) is -0.0158. The highest BCUT2D eigenvalue weighted by Crippen LogP contribution is 2.69. The molecule has 1 aromatic heterocycles. The smallest absolute Gasteiger partial charge is 0.365 e. The summed E-state index contributed by atoms with van der Waals surface area (Å²) in [7, 11) is -8.42. The van der Waals surface area contributed by atoms with Gasteiger partial charge in [-0.15, -0.1) is 0 Å². The first-order valence-corrected chi connectivity index (χ1v) is 16.3. The monoisotopic (exact) mass is 628 g/mol. The highest BCUT2D eigenvalue weighted by atomic mass is 31.2. The normalized spacial score (nSPS) is 21.2. The van der Waals surface area contributed by atoms with Gasteiger partial charge in [0.15, 0.2) is 12.3 Å². The molecule has 1 aliphatic rings. The van der Waals surface area contributed by atoms with Crippen molar-refractivity contribution in [1.29, 1.82) is 0 Å². The molecule has 1 saturated heterocycles. The molecule has 5 N–H and O–H groups in total. The second kappa shape index (κ2) is 15.9. The molecule has 234 valence electrons. The Labute approximate surface area is 235 Å². The minimum absolute atomic E-state index is 0.0413. The molecule has 1 aliphatic heterocycles. The maximum Gasteiger partial charge on any atom is 0.365 e. The van der Waals surface area contributed by atoms with Gasteiger partial charge in [-0.1, -0.05) is 0 Å². The van der Waals surface area contributed by atoms with Crippen LogP contribution in [0.4, 0.5) is 0 Å². The lowest BCUT2D eigenvalue weighted by atomic mass is 10.1. The molecule has 2 heterocycles. The molecule has 1 fully saturated rings. The number of carbonyl (C=O) groups excluding carboxylic acids is 2. The van der Waals surface area contributed by atoms with Gasteiger partial charge in [0, 0.05) is 25.2 Å². The SMILES string of the molecule is CCOP(=O)(OCC)C(NC(=O)CCCNC(=O)[C@H]1O[C@@H](n2ccc(=O)[nH]c2=O)[C@@H](O)[C@H]1O)P(=O)(OCC)OCC. The Kier molecular flexibility index (Phi) is 13.5. The zero-order valence-corrected chi connectivity index (χ0v) is 25.0. The van der Waals surface area contributed by atoms with Crippen LogP contribution in [0.15, 0.2) is 21.9 Å². The number of aromatic nitrogens is 2. The van der Waals surface area contributed by atoms with E-state index >= 15 is 0 Å². The summed E-state index contributed by atoms with van der Waals surface area (Å²) in [5.41, 5.74) is -3.33. The minimum Gasteiger partial charge on any atom is -0.387 e. The minimum atomic E-state index is -4.21. The van der Waals surface area contributed by atoms with Crippen molar-refractivity contribution >= 4 is 27.0 Å². The van der Waals surface area contributed by atoms with E-state index in [9.17, 15) is 38.5 Å². The Bertz CT molecular complexity index is 1190. The predicted molar refractivity (Wildman–Crippen MR) is 143 cm³/mol. The third-order valence-corrected chi connectivity index (χ3v) is 11.3. The van der Waals surface area contributed by atoms with Crippen molar-refractivity contribution in [3.63, 3.8) is 0 Å². The third-order valence-electron chi connectivity index (χ3n) is 5.63. The summed E-state index contributed by atoms with van der Waals surface area (Å²) >= 11 is 0. The lowest BCUT2D eigenvalue weighted by molar-refractivity contribution is -0.138. The van der Waals surface area contributed by atoms with E-state index in [1.165, 1.54) is 0 Å². The number of nitrogens with one attached hydrogen (secondary N) is 3. The van der Waals surface area contributed by atoms with Gasteiger partial charge >= 0.3 is 20.9 Å². The van der Waals surface area contributed by atoms with Crippen molar-refractivity contribution in [3.05, 3.63) is 33.1 Å². The molecule has 0 saturated carbocycles. The van der Waals surface area contributed by atoms with E-state index in [2.05, 4.69) is 10.6 Å². The molecule has 0 unspecified atom stereocenters. The van der Waals surface area contributed by atoms with E-state index in [4.69, 9.17) is 22.8 Å². The van der Waals surface area contributed by atoms with Crippen molar-refractivity contribution in [1.82, 2.24) is 20.2 Å². The topological polar surface area (TPSA) is 234 Å². The molecule has 2 rings (SSSR count). The van der Waals surface area contributed by atoms with Gasteiger partial charge in [0.2, 0.25) is 11.4 Å². The van der Waals surface area contributed by atoms with Gasteiger partial charge in [-0.3, -0.25) is 33.1 Å². The highest BCUT2D eigenvalue weighted by molar-refractivity contribution is 7.72. The van der Waals surface area contributed by atoms with Crippen LogP contribution >= 0.6 is 15.2 Å². The molecule has 0 bridgehead atoms. The van der Waals surface area contributed by atoms with Crippen molar-refractivity contribution in [2.45, 2.75) is 70.6 Å². The van der Waals surface area contributed by atoms with Crippen LogP contribution in [0.1, 0.15) is 46.8 Å². The van der Waals surface area contributed by atoms with E-state index in [0.29, 0.717) is 0 Å². The lowest BCUT2D eigenvalue weighted by Gasteiger charge is -2.31. The summed E-state index contributed by atoms with van der Waals surface area (Å²) in [6.45, 7) is 5.80. The fraction of sp³-hybridized carbons (Fsp3) is 0.727. The summed E-state index contributed by atoms with van der Waals surface area (Å²) < 4.78 is 54.4. The Morgan fingerprint density at radius 3 is 2.02 bits per heavy atom. The summed E-state index contributed by atoms with van der Waals surface area (Å²) in [5.74, 6) is -1.54. The van der Waals surface area contributed by atoms with Gasteiger partial charge in [0.25, 0.3) is 11.5 Å². The summed E-state index contributed by atoms with van der Waals surface area (Å²) in [5, 5.41) is 25.4. The van der Waals surface area contributed by atoms with Gasteiger partial charge in [0.05, 0.1) is 26.4 Å². The molecule has 0 aliphatic carbocycles. The number of nitrogens with zero attached hydrogens (tertiary/aromatic N) is 1. The Hall–Kier alpha value is -2.20. The van der Waals surface area contributed by atoms with Gasteiger partial charge in [-0.25, -0.2) is 4.79 Å². The molecule has 2 amide bonds. The van der Waals surface area contributed by atoms with Gasteiger partial charge in [-0.2, -0.15) is 0 Å². The Balaban J connectivity index is 2.02. The number of H-pyrrole nitrogens is 1. The number of carbonyl (C=O) groups is 2. The molecule has 19 heteroatoms. The summed E-state index contributed by atoms with van der Waals surface area (Å²) in [6.07, 6.45) is -5.49. The van der Waals surface area contributed by atoms with E-state index < -0.39 is 68.3 Å². The molecule has 17 nitrogen and oxygen atoms in total. The molecule has 4 atom stereocenters. The molecule has 0 radical (unpaired) electrons. The second-order valence-corrected chi connectivity index (χ2v) is 13.2. The van der Waals surface area contributed by atoms with Gasteiger partial charge in [0.1, 0.15) is 12.2 Å². The molecule has 1 aromatic rings. The van der Waals surface area contributed by atoms with Crippen LogP contribution in [0.2, 0.25) is 0 Å². The molecule has 41 heavy (non-hydrogen) atoms.